The van der Waals surface area contributed by atoms with E-state index in [1.807, 2.05) is 6.07 Å². The smallest absolute Gasteiger partial charge is 0.273 e. The molecule has 0 bridgehead atoms. The number of nitrogens with zero attached hydrogens (tertiary/aromatic N) is 3. The number of alkyl halides is 3. The average Bonchev–Trinajstić information content (AvgIpc) is 2.64. The highest BCUT2D eigenvalue weighted by atomic mass is 19.4. The first-order valence-corrected chi connectivity index (χ1v) is 8.09. The van der Waals surface area contributed by atoms with Crippen LogP contribution < -0.4 is 11.0 Å². The molecule has 0 spiro atoms. The molecular formula is C19H13F3N4O2. The van der Waals surface area contributed by atoms with Gasteiger partial charge in [0.05, 0.1) is 34.5 Å². The van der Waals surface area contributed by atoms with E-state index in [1.54, 1.807) is 18.2 Å². The Bertz CT molecular complexity index is 1180. The number of carbonyl (C=O) groups excluding carboxylic acids is 1. The molecule has 0 saturated carbocycles. The fraction of sp³-hybridized carbons (Fsp3) is 0.158. The topological polar surface area (TPSA) is 87.8 Å². The van der Waals surface area contributed by atoms with Crippen LogP contribution in [0.3, 0.4) is 0 Å². The molecule has 0 aliphatic carbocycles. The number of rotatable bonds is 3. The zero-order valence-electron chi connectivity index (χ0n) is 14.5. The van der Waals surface area contributed by atoms with Gasteiger partial charge in [-0.25, -0.2) is 9.66 Å². The van der Waals surface area contributed by atoms with Gasteiger partial charge in [-0.05, 0) is 36.8 Å². The Kier molecular flexibility index (Phi) is 4.88. The molecule has 3 rings (SSSR count). The van der Waals surface area contributed by atoms with Gasteiger partial charge >= 0.3 is 6.18 Å². The lowest BCUT2D eigenvalue weighted by atomic mass is 10.1. The molecule has 0 aliphatic rings. The summed E-state index contributed by atoms with van der Waals surface area (Å²) in [5, 5.41) is 8.64. The monoisotopic (exact) mass is 386 g/mol. The normalized spacial score (nSPS) is 11.2. The van der Waals surface area contributed by atoms with E-state index >= 15 is 0 Å². The quantitative estimate of drug-likeness (QED) is 0.750. The van der Waals surface area contributed by atoms with E-state index in [2.05, 4.69) is 10.4 Å². The lowest BCUT2D eigenvalue weighted by Gasteiger charge is -2.14. The van der Waals surface area contributed by atoms with Crippen LogP contribution in [0.2, 0.25) is 0 Å². The van der Waals surface area contributed by atoms with Crippen LogP contribution in [-0.4, -0.2) is 15.6 Å². The molecule has 6 nitrogen and oxygen atoms in total. The van der Waals surface area contributed by atoms with Gasteiger partial charge in [0.1, 0.15) is 5.82 Å². The first-order chi connectivity index (χ1) is 13.2. The third-order valence-electron chi connectivity index (χ3n) is 4.03. The summed E-state index contributed by atoms with van der Waals surface area (Å²) in [5.41, 5.74) is 0.988. The molecule has 0 aliphatic heterocycles. The van der Waals surface area contributed by atoms with Crippen LogP contribution in [0.1, 0.15) is 22.5 Å². The fourth-order valence-electron chi connectivity index (χ4n) is 2.78. The predicted molar refractivity (Wildman–Crippen MR) is 95.0 cm³/mol. The van der Waals surface area contributed by atoms with Crippen molar-refractivity contribution in [2.24, 2.45) is 0 Å². The second kappa shape index (κ2) is 7.15. The van der Waals surface area contributed by atoms with Crippen molar-refractivity contribution < 1.29 is 18.0 Å². The van der Waals surface area contributed by atoms with Crippen molar-refractivity contribution in [1.82, 2.24) is 9.66 Å². The Morgan fingerprint density at radius 3 is 2.64 bits per heavy atom. The second-order valence-corrected chi connectivity index (χ2v) is 6.02. The molecule has 0 radical (unpaired) electrons. The van der Waals surface area contributed by atoms with Crippen LogP contribution in [0.25, 0.3) is 10.9 Å². The van der Waals surface area contributed by atoms with Crippen molar-refractivity contribution in [1.29, 1.82) is 5.26 Å². The van der Waals surface area contributed by atoms with E-state index in [0.29, 0.717) is 11.1 Å². The van der Waals surface area contributed by atoms with Gasteiger partial charge in [0, 0.05) is 0 Å². The van der Waals surface area contributed by atoms with E-state index in [9.17, 15) is 22.8 Å². The molecule has 0 fully saturated rings. The minimum Gasteiger partial charge on any atom is -0.273 e. The average molecular weight is 386 g/mol. The Hall–Kier alpha value is -3.67. The van der Waals surface area contributed by atoms with E-state index in [0.717, 1.165) is 16.8 Å². The summed E-state index contributed by atoms with van der Waals surface area (Å²) in [4.78, 5) is 28.8. The lowest BCUT2D eigenvalue weighted by Crippen LogP contribution is -2.36. The highest BCUT2D eigenvalue weighted by Gasteiger charge is 2.33. The van der Waals surface area contributed by atoms with Gasteiger partial charge in [-0.3, -0.25) is 15.0 Å². The minimum atomic E-state index is -4.66. The van der Waals surface area contributed by atoms with Crippen molar-refractivity contribution in [3.63, 3.8) is 0 Å². The Balaban J connectivity index is 1.97. The number of hydrogen-bond donors (Lipinski definition) is 1. The number of para-hydroxylation sites is 1. The standard InChI is InChI=1S/C19H13F3N4O2/c1-11-24-17-14(6-3-7-15(17)19(20,21)22)18(28)26(11)25-16(27)9-12-4-2-5-13(8-12)10-23/h2-8H,9H2,1H3,(H,25,27). The summed E-state index contributed by atoms with van der Waals surface area (Å²) in [5.74, 6) is -0.665. The van der Waals surface area contributed by atoms with E-state index in [-0.39, 0.29) is 17.6 Å². The number of nitriles is 1. The Morgan fingerprint density at radius 1 is 1.25 bits per heavy atom. The lowest BCUT2D eigenvalue weighted by molar-refractivity contribution is -0.136. The van der Waals surface area contributed by atoms with Crippen LogP contribution in [-0.2, 0) is 17.4 Å². The van der Waals surface area contributed by atoms with Crippen LogP contribution in [0.5, 0.6) is 0 Å². The van der Waals surface area contributed by atoms with Gasteiger partial charge in [0.2, 0.25) is 5.91 Å². The van der Waals surface area contributed by atoms with Gasteiger partial charge in [0.25, 0.3) is 5.56 Å². The van der Waals surface area contributed by atoms with Crippen molar-refractivity contribution >= 4 is 16.8 Å². The molecule has 1 aromatic heterocycles. The number of aryl methyl sites for hydroxylation is 1. The van der Waals surface area contributed by atoms with E-state index < -0.39 is 28.7 Å². The molecule has 1 N–H and O–H groups in total. The van der Waals surface area contributed by atoms with Gasteiger partial charge < -0.3 is 0 Å². The number of halogens is 3. The molecule has 1 amide bonds. The van der Waals surface area contributed by atoms with Crippen LogP contribution >= 0.6 is 0 Å². The predicted octanol–water partition coefficient (Wildman–Crippen LogP) is 2.91. The fourth-order valence-corrected chi connectivity index (χ4v) is 2.78. The highest BCUT2D eigenvalue weighted by molar-refractivity contribution is 5.87. The molecular weight excluding hydrogens is 373 g/mol. The summed E-state index contributed by atoms with van der Waals surface area (Å²) >= 11 is 0. The van der Waals surface area contributed by atoms with E-state index in [4.69, 9.17) is 5.26 Å². The second-order valence-electron chi connectivity index (χ2n) is 6.02. The summed E-state index contributed by atoms with van der Waals surface area (Å²) in [6.07, 6.45) is -4.78. The molecule has 142 valence electrons. The molecule has 28 heavy (non-hydrogen) atoms. The zero-order valence-corrected chi connectivity index (χ0v) is 14.5. The SMILES string of the molecule is Cc1nc2c(C(F)(F)F)cccc2c(=O)n1NC(=O)Cc1cccc(C#N)c1. The number of aromatic nitrogens is 2. The molecule has 0 unspecified atom stereocenters. The first kappa shape index (κ1) is 19.1. The van der Waals surface area contributed by atoms with Gasteiger partial charge in [-0.1, -0.05) is 18.2 Å². The summed E-state index contributed by atoms with van der Waals surface area (Å²) in [6.45, 7) is 1.32. The van der Waals surface area contributed by atoms with Crippen molar-refractivity contribution in [3.8, 4) is 6.07 Å². The Labute approximate surface area is 156 Å². The van der Waals surface area contributed by atoms with E-state index in [1.165, 1.54) is 19.1 Å². The zero-order chi connectivity index (χ0) is 20.5. The molecule has 0 saturated heterocycles. The van der Waals surface area contributed by atoms with Crippen molar-refractivity contribution in [2.45, 2.75) is 19.5 Å². The molecule has 3 aromatic rings. The summed E-state index contributed by atoms with van der Waals surface area (Å²) < 4.78 is 40.3. The number of hydrogen-bond acceptors (Lipinski definition) is 4. The number of benzene rings is 2. The van der Waals surface area contributed by atoms with Crippen molar-refractivity contribution in [2.75, 3.05) is 5.43 Å². The van der Waals surface area contributed by atoms with Crippen LogP contribution in [0.15, 0.2) is 47.3 Å². The molecule has 0 atom stereocenters. The Morgan fingerprint density at radius 2 is 1.96 bits per heavy atom. The number of carbonyl (C=O) groups is 1. The van der Waals surface area contributed by atoms with Gasteiger partial charge in [-0.2, -0.15) is 18.4 Å². The maximum atomic E-state index is 13.2. The maximum Gasteiger partial charge on any atom is 0.418 e. The van der Waals surface area contributed by atoms with Crippen molar-refractivity contribution in [3.05, 3.63) is 75.3 Å². The van der Waals surface area contributed by atoms with Crippen LogP contribution in [0.4, 0.5) is 13.2 Å². The van der Waals surface area contributed by atoms with Gasteiger partial charge in [-0.15, -0.1) is 0 Å². The number of fused-ring (bicyclic) bond motifs is 1. The molecule has 9 heteroatoms. The van der Waals surface area contributed by atoms with Crippen LogP contribution in [0, 0.1) is 18.3 Å². The first-order valence-electron chi connectivity index (χ1n) is 8.09. The molecule has 1 heterocycles. The number of nitrogens with one attached hydrogen (secondary N) is 1. The maximum absolute atomic E-state index is 13.2. The van der Waals surface area contributed by atoms with Gasteiger partial charge in [0.15, 0.2) is 0 Å². The third kappa shape index (κ3) is 3.71. The molecule has 2 aromatic carbocycles. The largest absolute Gasteiger partial charge is 0.418 e. The highest BCUT2D eigenvalue weighted by Crippen LogP contribution is 2.32. The number of amides is 1. The summed E-state index contributed by atoms with van der Waals surface area (Å²) in [7, 11) is 0. The minimum absolute atomic E-state index is 0.0895. The third-order valence-corrected chi connectivity index (χ3v) is 4.03. The summed E-state index contributed by atoms with van der Waals surface area (Å²) in [6, 6.07) is 11.5.